The number of ketones is 2. The lowest BCUT2D eigenvalue weighted by molar-refractivity contribution is -0.123. The van der Waals surface area contributed by atoms with Crippen LogP contribution in [0.15, 0.2) is 23.8 Å². The normalized spacial score (nSPS) is 22.8. The van der Waals surface area contributed by atoms with E-state index in [0.717, 1.165) is 44.9 Å². The zero-order chi connectivity index (χ0) is 16.9. The van der Waals surface area contributed by atoms with E-state index in [9.17, 15) is 9.59 Å². The average molecular weight is 319 g/mol. The summed E-state index contributed by atoms with van der Waals surface area (Å²) in [6.07, 6.45) is 17.8. The van der Waals surface area contributed by atoms with Gasteiger partial charge < -0.3 is 0 Å². The fourth-order valence-corrected chi connectivity index (χ4v) is 3.05. The van der Waals surface area contributed by atoms with Gasteiger partial charge in [0.1, 0.15) is 11.6 Å². The molecule has 1 rings (SSSR count). The molecule has 2 nitrogen and oxygen atoms in total. The topological polar surface area (TPSA) is 34.1 Å². The van der Waals surface area contributed by atoms with Crippen LogP contribution in [0.2, 0.25) is 0 Å². The smallest absolute Gasteiger partial charge is 0.136 e. The van der Waals surface area contributed by atoms with E-state index < -0.39 is 0 Å². The first-order chi connectivity index (χ1) is 11.1. The van der Waals surface area contributed by atoms with Crippen molar-refractivity contribution in [3.63, 3.8) is 0 Å². The van der Waals surface area contributed by atoms with Gasteiger partial charge in [0.25, 0.3) is 0 Å². The molecule has 0 aromatic carbocycles. The molecule has 1 aliphatic carbocycles. The minimum Gasteiger partial charge on any atom is -0.300 e. The van der Waals surface area contributed by atoms with Gasteiger partial charge in [-0.3, -0.25) is 9.59 Å². The van der Waals surface area contributed by atoms with Gasteiger partial charge in [0.05, 0.1) is 0 Å². The summed E-state index contributed by atoms with van der Waals surface area (Å²) >= 11 is 0. The van der Waals surface area contributed by atoms with E-state index in [0.29, 0.717) is 30.8 Å². The highest BCUT2D eigenvalue weighted by atomic mass is 16.1. The fraction of sp³-hybridized carbons (Fsp3) is 0.714. The molecule has 0 aromatic rings. The zero-order valence-electron chi connectivity index (χ0n) is 15.1. The summed E-state index contributed by atoms with van der Waals surface area (Å²) in [6.45, 7) is 4.16. The van der Waals surface area contributed by atoms with Crippen LogP contribution in [0, 0.1) is 5.92 Å². The summed E-state index contributed by atoms with van der Waals surface area (Å²) < 4.78 is 0. The molecule has 23 heavy (non-hydrogen) atoms. The number of rotatable bonds is 2. The molecule has 0 aliphatic heterocycles. The highest BCUT2D eigenvalue weighted by Gasteiger charge is 2.16. The Kier molecular flexibility index (Phi) is 10.6. The number of carbonyl (C=O) groups excluding carboxylic acids is 2. The Bertz CT molecular complexity index is 414. The van der Waals surface area contributed by atoms with Crippen LogP contribution in [0.4, 0.5) is 0 Å². The van der Waals surface area contributed by atoms with Gasteiger partial charge in [0, 0.05) is 25.2 Å². The van der Waals surface area contributed by atoms with Gasteiger partial charge in [-0.2, -0.15) is 0 Å². The minimum absolute atomic E-state index is 0.123. The van der Waals surface area contributed by atoms with Crippen LogP contribution in [0.1, 0.15) is 90.9 Å². The van der Waals surface area contributed by atoms with Crippen molar-refractivity contribution in [1.29, 1.82) is 0 Å². The third kappa shape index (κ3) is 10.3. The summed E-state index contributed by atoms with van der Waals surface area (Å²) in [5.41, 5.74) is 1.27. The molecule has 130 valence electrons. The molecule has 0 radical (unpaired) electrons. The molecule has 0 saturated carbocycles. The lowest BCUT2D eigenvalue weighted by Gasteiger charge is -2.13. The first kappa shape index (κ1) is 19.9. The molecule has 0 amide bonds. The predicted octanol–water partition coefficient (Wildman–Crippen LogP) is 5.96. The van der Waals surface area contributed by atoms with Crippen molar-refractivity contribution in [1.82, 2.24) is 0 Å². The Morgan fingerprint density at radius 3 is 2.43 bits per heavy atom. The molecule has 0 N–H and O–H groups in total. The third-order valence-corrected chi connectivity index (χ3v) is 4.57. The lowest BCUT2D eigenvalue weighted by atomic mass is 9.90. The largest absolute Gasteiger partial charge is 0.300 e. The van der Waals surface area contributed by atoms with Gasteiger partial charge in [-0.25, -0.2) is 0 Å². The van der Waals surface area contributed by atoms with Crippen molar-refractivity contribution >= 4 is 11.6 Å². The maximum Gasteiger partial charge on any atom is 0.136 e. The summed E-state index contributed by atoms with van der Waals surface area (Å²) in [5, 5.41) is 0. The van der Waals surface area contributed by atoms with Gasteiger partial charge in [0.15, 0.2) is 0 Å². The Hall–Kier alpha value is -1.18. The second-order valence-electron chi connectivity index (χ2n) is 7.07. The van der Waals surface area contributed by atoms with Crippen LogP contribution in [0.25, 0.3) is 0 Å². The molecule has 0 heterocycles. The van der Waals surface area contributed by atoms with E-state index in [1.165, 1.54) is 18.4 Å². The van der Waals surface area contributed by atoms with E-state index in [1.807, 2.05) is 0 Å². The molecule has 1 atom stereocenters. The van der Waals surface area contributed by atoms with E-state index in [2.05, 4.69) is 32.1 Å². The van der Waals surface area contributed by atoms with Crippen molar-refractivity contribution in [2.75, 3.05) is 0 Å². The highest BCUT2D eigenvalue weighted by Crippen LogP contribution is 2.19. The molecule has 0 aromatic heterocycles. The maximum atomic E-state index is 12.5. The van der Waals surface area contributed by atoms with Crippen molar-refractivity contribution in [3.8, 4) is 0 Å². The molecule has 1 unspecified atom stereocenters. The molecule has 2 heteroatoms. The number of allylic oxidation sites excluding steroid dienone is 4. The minimum atomic E-state index is 0.123. The van der Waals surface area contributed by atoms with E-state index in [-0.39, 0.29) is 5.92 Å². The zero-order valence-corrected chi connectivity index (χ0v) is 15.1. The Labute approximate surface area is 142 Å². The molecular weight excluding hydrogens is 284 g/mol. The van der Waals surface area contributed by atoms with Crippen LogP contribution in [0.3, 0.4) is 0 Å². The highest BCUT2D eigenvalue weighted by molar-refractivity contribution is 5.82. The SMILES string of the molecule is CC(C)=CCC1CCC=CCCCCCCC(=O)CCCC1=O. The van der Waals surface area contributed by atoms with E-state index in [4.69, 9.17) is 0 Å². The molecule has 0 saturated heterocycles. The number of carbonyl (C=O) groups is 2. The Balaban J connectivity index is 2.58. The van der Waals surface area contributed by atoms with Crippen molar-refractivity contribution in [2.24, 2.45) is 5.92 Å². The van der Waals surface area contributed by atoms with Crippen LogP contribution in [0.5, 0.6) is 0 Å². The summed E-state index contributed by atoms with van der Waals surface area (Å²) in [4.78, 5) is 24.3. The van der Waals surface area contributed by atoms with Gasteiger partial charge in [-0.1, -0.05) is 36.6 Å². The number of hydrogen-bond donors (Lipinski definition) is 0. The first-order valence-electron chi connectivity index (χ1n) is 9.42. The van der Waals surface area contributed by atoms with Gasteiger partial charge >= 0.3 is 0 Å². The first-order valence-corrected chi connectivity index (χ1v) is 9.42. The van der Waals surface area contributed by atoms with Crippen LogP contribution in [-0.4, -0.2) is 11.6 Å². The van der Waals surface area contributed by atoms with Gasteiger partial charge in [-0.05, 0) is 58.8 Å². The summed E-state index contributed by atoms with van der Waals surface area (Å²) in [5.74, 6) is 0.805. The third-order valence-electron chi connectivity index (χ3n) is 4.57. The Morgan fingerprint density at radius 1 is 0.957 bits per heavy atom. The van der Waals surface area contributed by atoms with E-state index >= 15 is 0 Å². The van der Waals surface area contributed by atoms with Crippen LogP contribution in [-0.2, 0) is 9.59 Å². The van der Waals surface area contributed by atoms with Crippen molar-refractivity contribution in [3.05, 3.63) is 23.8 Å². The molecule has 0 spiro atoms. The summed E-state index contributed by atoms with van der Waals surface area (Å²) in [6, 6.07) is 0. The van der Waals surface area contributed by atoms with Crippen LogP contribution >= 0.6 is 0 Å². The number of hydrogen-bond acceptors (Lipinski definition) is 2. The molecule has 0 bridgehead atoms. The Morgan fingerprint density at radius 2 is 1.65 bits per heavy atom. The standard InChI is InChI=1S/C21H34O2/c1-18(2)16-17-19-12-9-7-5-3-4-6-8-10-13-20(22)14-11-15-21(19)23/h5,7,16,19H,3-4,6,8-15,17H2,1-2H3. The predicted molar refractivity (Wildman–Crippen MR) is 97.5 cm³/mol. The number of Topliss-reactive ketones (excluding diaryl/α,β-unsaturated/α-hetero) is 2. The quantitative estimate of drug-likeness (QED) is 0.589. The molecule has 1 aliphatic rings. The monoisotopic (exact) mass is 318 g/mol. The second-order valence-corrected chi connectivity index (χ2v) is 7.07. The van der Waals surface area contributed by atoms with E-state index in [1.54, 1.807) is 0 Å². The van der Waals surface area contributed by atoms with Crippen molar-refractivity contribution in [2.45, 2.75) is 90.9 Å². The van der Waals surface area contributed by atoms with Gasteiger partial charge in [0.2, 0.25) is 0 Å². The van der Waals surface area contributed by atoms with Gasteiger partial charge in [-0.15, -0.1) is 0 Å². The molecular formula is C21H34O2. The van der Waals surface area contributed by atoms with Crippen molar-refractivity contribution < 1.29 is 9.59 Å². The summed E-state index contributed by atoms with van der Waals surface area (Å²) in [7, 11) is 0. The van der Waals surface area contributed by atoms with Crippen LogP contribution < -0.4 is 0 Å². The lowest BCUT2D eigenvalue weighted by Crippen LogP contribution is -2.14. The fourth-order valence-electron chi connectivity index (χ4n) is 3.05. The average Bonchev–Trinajstić information content (AvgIpc) is 2.50. The molecule has 0 fully saturated rings. The second kappa shape index (κ2) is 12.3. The maximum absolute atomic E-state index is 12.5.